The van der Waals surface area contributed by atoms with Gasteiger partial charge >= 0.3 is 0 Å². The molecular formula is C27H30N4O3. The fourth-order valence-corrected chi connectivity index (χ4v) is 4.74. The van der Waals surface area contributed by atoms with E-state index < -0.39 is 0 Å². The van der Waals surface area contributed by atoms with Gasteiger partial charge in [-0.2, -0.15) is 0 Å². The van der Waals surface area contributed by atoms with Crippen molar-refractivity contribution in [1.29, 1.82) is 0 Å². The summed E-state index contributed by atoms with van der Waals surface area (Å²) in [7, 11) is 0. The monoisotopic (exact) mass is 458 g/mol. The largest absolute Gasteiger partial charge is 0.454 e. The highest BCUT2D eigenvalue weighted by Crippen LogP contribution is 2.34. The molecule has 0 N–H and O–H groups in total. The van der Waals surface area contributed by atoms with Crippen LogP contribution in [0, 0.1) is 6.92 Å². The molecule has 3 aromatic rings. The fraction of sp³-hybridized carbons (Fsp3) is 0.370. The van der Waals surface area contributed by atoms with Crippen LogP contribution in [0.1, 0.15) is 47.8 Å². The lowest BCUT2D eigenvalue weighted by atomic mass is 10.0. The quantitative estimate of drug-likeness (QED) is 0.567. The minimum absolute atomic E-state index is 0.0214. The number of rotatable bonds is 4. The van der Waals surface area contributed by atoms with Crippen molar-refractivity contribution in [2.75, 3.05) is 37.9 Å². The molecule has 0 atom stereocenters. The Morgan fingerprint density at radius 2 is 1.74 bits per heavy atom. The molecule has 7 heteroatoms. The Labute approximate surface area is 200 Å². The average Bonchev–Trinajstić information content (AvgIpc) is 3.18. The number of amides is 1. The van der Waals surface area contributed by atoms with Crippen molar-refractivity contribution in [2.45, 2.75) is 33.1 Å². The maximum atomic E-state index is 13.2. The average molecular weight is 459 g/mol. The minimum atomic E-state index is 0.0214. The normalized spacial score (nSPS) is 15.5. The van der Waals surface area contributed by atoms with Crippen LogP contribution in [0.5, 0.6) is 11.5 Å². The zero-order chi connectivity index (χ0) is 23.7. The summed E-state index contributed by atoms with van der Waals surface area (Å²) in [4.78, 5) is 27.4. The SMILES string of the molecule is Cc1nc(-c2ccccc2)nc(N2CCCN(C(=O)c3ccc4c(c3)OCO4)CC2)c1C(C)C. The number of ether oxygens (including phenoxy) is 2. The third-order valence-electron chi connectivity index (χ3n) is 6.43. The number of hydrogen-bond donors (Lipinski definition) is 0. The lowest BCUT2D eigenvalue weighted by molar-refractivity contribution is 0.0766. The van der Waals surface area contributed by atoms with Crippen LogP contribution in [0.2, 0.25) is 0 Å². The van der Waals surface area contributed by atoms with Crippen LogP contribution >= 0.6 is 0 Å². The van der Waals surface area contributed by atoms with Gasteiger partial charge in [0.2, 0.25) is 6.79 Å². The Balaban J connectivity index is 1.40. The summed E-state index contributed by atoms with van der Waals surface area (Å²) in [6, 6.07) is 15.5. The van der Waals surface area contributed by atoms with Crippen molar-refractivity contribution < 1.29 is 14.3 Å². The zero-order valence-corrected chi connectivity index (χ0v) is 20.0. The number of benzene rings is 2. The molecular weight excluding hydrogens is 428 g/mol. The fourth-order valence-electron chi connectivity index (χ4n) is 4.74. The first-order chi connectivity index (χ1) is 16.5. The molecule has 5 rings (SSSR count). The van der Waals surface area contributed by atoms with Crippen molar-refractivity contribution in [1.82, 2.24) is 14.9 Å². The first-order valence-corrected chi connectivity index (χ1v) is 11.9. The summed E-state index contributed by atoms with van der Waals surface area (Å²) in [5.41, 5.74) is 3.83. The van der Waals surface area contributed by atoms with E-state index in [1.165, 1.54) is 5.56 Å². The van der Waals surface area contributed by atoms with Crippen LogP contribution < -0.4 is 14.4 Å². The third kappa shape index (κ3) is 4.30. The minimum Gasteiger partial charge on any atom is -0.454 e. The van der Waals surface area contributed by atoms with E-state index in [2.05, 4.69) is 25.7 Å². The summed E-state index contributed by atoms with van der Waals surface area (Å²) in [5, 5.41) is 0. The second-order valence-electron chi connectivity index (χ2n) is 9.09. The predicted molar refractivity (Wildman–Crippen MR) is 132 cm³/mol. The van der Waals surface area contributed by atoms with E-state index >= 15 is 0 Å². The molecule has 0 spiro atoms. The topological polar surface area (TPSA) is 67.8 Å². The molecule has 2 aliphatic rings. The molecule has 1 fully saturated rings. The smallest absolute Gasteiger partial charge is 0.254 e. The lowest BCUT2D eigenvalue weighted by Gasteiger charge is -2.27. The van der Waals surface area contributed by atoms with E-state index in [4.69, 9.17) is 19.4 Å². The van der Waals surface area contributed by atoms with Gasteiger partial charge in [-0.15, -0.1) is 0 Å². The van der Waals surface area contributed by atoms with Gasteiger partial charge in [0.15, 0.2) is 17.3 Å². The Bertz CT molecular complexity index is 1200. The predicted octanol–water partition coefficient (Wildman–Crippen LogP) is 4.66. The molecule has 1 saturated heterocycles. The molecule has 176 valence electrons. The highest BCUT2D eigenvalue weighted by molar-refractivity contribution is 5.95. The standard InChI is InChI=1S/C27H30N4O3/c1-18(2)24-19(3)28-25(20-8-5-4-6-9-20)29-26(24)30-12-7-13-31(15-14-30)27(32)21-10-11-22-23(16-21)34-17-33-22/h4-6,8-11,16,18H,7,12-15,17H2,1-3H3. The van der Waals surface area contributed by atoms with E-state index in [1.54, 1.807) is 6.07 Å². The molecule has 0 radical (unpaired) electrons. The number of aryl methyl sites for hydroxylation is 1. The van der Waals surface area contributed by atoms with Crippen molar-refractivity contribution in [3.63, 3.8) is 0 Å². The number of fused-ring (bicyclic) bond motifs is 1. The number of hydrogen-bond acceptors (Lipinski definition) is 6. The second-order valence-corrected chi connectivity index (χ2v) is 9.09. The van der Waals surface area contributed by atoms with Crippen molar-refractivity contribution >= 4 is 11.7 Å². The van der Waals surface area contributed by atoms with Crippen LogP contribution in [0.3, 0.4) is 0 Å². The molecule has 34 heavy (non-hydrogen) atoms. The van der Waals surface area contributed by atoms with E-state index in [0.717, 1.165) is 42.4 Å². The summed E-state index contributed by atoms with van der Waals surface area (Å²) in [6.07, 6.45) is 0.873. The van der Waals surface area contributed by atoms with E-state index in [1.807, 2.05) is 47.4 Å². The van der Waals surface area contributed by atoms with Crippen LogP contribution in [-0.4, -0.2) is 53.7 Å². The zero-order valence-electron chi connectivity index (χ0n) is 20.0. The highest BCUT2D eigenvalue weighted by atomic mass is 16.7. The summed E-state index contributed by atoms with van der Waals surface area (Å²) in [5.74, 6) is 3.37. The highest BCUT2D eigenvalue weighted by Gasteiger charge is 2.26. The molecule has 0 aliphatic carbocycles. The van der Waals surface area contributed by atoms with Gasteiger partial charge < -0.3 is 19.3 Å². The summed E-state index contributed by atoms with van der Waals surface area (Å²) >= 11 is 0. The Kier molecular flexibility index (Phi) is 6.09. The molecule has 7 nitrogen and oxygen atoms in total. The number of nitrogens with zero attached hydrogens (tertiary/aromatic N) is 4. The van der Waals surface area contributed by atoms with Gasteiger partial charge in [-0.25, -0.2) is 9.97 Å². The molecule has 2 aromatic carbocycles. The first-order valence-electron chi connectivity index (χ1n) is 11.9. The Morgan fingerprint density at radius 3 is 2.53 bits per heavy atom. The van der Waals surface area contributed by atoms with Gasteiger partial charge in [-0.3, -0.25) is 4.79 Å². The van der Waals surface area contributed by atoms with Gasteiger partial charge in [0.05, 0.1) is 0 Å². The van der Waals surface area contributed by atoms with Crippen LogP contribution in [-0.2, 0) is 0 Å². The molecule has 1 amide bonds. The van der Waals surface area contributed by atoms with Crippen molar-refractivity contribution in [3.8, 4) is 22.9 Å². The van der Waals surface area contributed by atoms with Gasteiger partial charge in [-0.05, 0) is 37.5 Å². The Hall–Kier alpha value is -3.61. The first kappa shape index (κ1) is 22.2. The second kappa shape index (κ2) is 9.33. The summed E-state index contributed by atoms with van der Waals surface area (Å²) in [6.45, 7) is 9.55. The van der Waals surface area contributed by atoms with Gasteiger partial charge in [0.1, 0.15) is 5.82 Å². The van der Waals surface area contributed by atoms with Crippen LogP contribution in [0.4, 0.5) is 5.82 Å². The number of anilines is 1. The maximum absolute atomic E-state index is 13.2. The van der Waals surface area contributed by atoms with E-state index in [0.29, 0.717) is 36.1 Å². The van der Waals surface area contributed by atoms with Crippen LogP contribution in [0.15, 0.2) is 48.5 Å². The number of aromatic nitrogens is 2. The number of carbonyl (C=O) groups is 1. The maximum Gasteiger partial charge on any atom is 0.254 e. The van der Waals surface area contributed by atoms with E-state index in [9.17, 15) is 4.79 Å². The van der Waals surface area contributed by atoms with Crippen molar-refractivity contribution in [2.24, 2.45) is 0 Å². The molecule has 0 saturated carbocycles. The molecule has 0 unspecified atom stereocenters. The molecule has 2 aliphatic heterocycles. The molecule has 0 bridgehead atoms. The Morgan fingerprint density at radius 1 is 0.941 bits per heavy atom. The van der Waals surface area contributed by atoms with Gasteiger partial charge in [0, 0.05) is 48.6 Å². The summed E-state index contributed by atoms with van der Waals surface area (Å²) < 4.78 is 10.8. The third-order valence-corrected chi connectivity index (χ3v) is 6.43. The van der Waals surface area contributed by atoms with Crippen LogP contribution in [0.25, 0.3) is 11.4 Å². The molecule has 3 heterocycles. The lowest BCUT2D eigenvalue weighted by Crippen LogP contribution is -2.35. The van der Waals surface area contributed by atoms with Crippen molar-refractivity contribution in [3.05, 3.63) is 65.4 Å². The number of carbonyl (C=O) groups excluding carboxylic acids is 1. The van der Waals surface area contributed by atoms with Gasteiger partial charge in [-0.1, -0.05) is 44.2 Å². The van der Waals surface area contributed by atoms with E-state index in [-0.39, 0.29) is 12.7 Å². The van der Waals surface area contributed by atoms with Gasteiger partial charge in [0.25, 0.3) is 5.91 Å². The molecule has 1 aromatic heterocycles.